The second-order valence-electron chi connectivity index (χ2n) is 11.4. The van der Waals surface area contributed by atoms with E-state index >= 15 is 0 Å². The van der Waals surface area contributed by atoms with E-state index in [0.29, 0.717) is 10.8 Å². The van der Waals surface area contributed by atoms with Crippen molar-refractivity contribution in [3.63, 3.8) is 0 Å². The van der Waals surface area contributed by atoms with Gasteiger partial charge in [-0.1, -0.05) is 85.1 Å². The zero-order valence-electron chi connectivity index (χ0n) is 25.7. The molecule has 5 rings (SSSR count). The lowest BCUT2D eigenvalue weighted by atomic mass is 10.0. The molecule has 0 radical (unpaired) electrons. The minimum atomic E-state index is -4.18. The highest BCUT2D eigenvalue weighted by Crippen LogP contribution is 2.27. The number of hydrogen-bond donors (Lipinski definition) is 1. The summed E-state index contributed by atoms with van der Waals surface area (Å²) in [5.41, 5.74) is 1.89. The lowest BCUT2D eigenvalue weighted by Gasteiger charge is -2.34. The minimum Gasteiger partial charge on any atom is -0.497 e. The molecule has 4 aromatic rings. The molecule has 0 aromatic heterocycles. The van der Waals surface area contributed by atoms with Crippen molar-refractivity contribution < 1.29 is 22.7 Å². The number of carbonyl (C=O) groups is 2. The predicted octanol–water partition coefficient (Wildman–Crippen LogP) is 6.24. The molecule has 0 heterocycles. The SMILES string of the molecule is COc1cccc(CN(C(=O)CN(c2ccc(Cl)cc2)S(=O)(=O)c2ccccc2)[C@H](Cc2ccccc2)C(=O)NC2CCCC2)c1. The first kappa shape index (κ1) is 33.0. The summed E-state index contributed by atoms with van der Waals surface area (Å²) in [6.45, 7) is -0.476. The summed E-state index contributed by atoms with van der Waals surface area (Å²) in [6, 6.07) is 30.2. The molecule has 0 spiro atoms. The van der Waals surface area contributed by atoms with E-state index in [1.165, 1.54) is 17.0 Å². The Kier molecular flexibility index (Phi) is 11.0. The van der Waals surface area contributed by atoms with Crippen LogP contribution in [0.3, 0.4) is 0 Å². The monoisotopic (exact) mass is 659 g/mol. The van der Waals surface area contributed by atoms with E-state index in [1.54, 1.807) is 55.6 Å². The molecular formula is C36H38ClN3O5S. The lowest BCUT2D eigenvalue weighted by Crippen LogP contribution is -2.54. The lowest BCUT2D eigenvalue weighted by molar-refractivity contribution is -0.140. The Morgan fingerprint density at radius 1 is 0.870 bits per heavy atom. The number of anilines is 1. The van der Waals surface area contributed by atoms with Gasteiger partial charge < -0.3 is 15.0 Å². The van der Waals surface area contributed by atoms with E-state index in [4.69, 9.17) is 16.3 Å². The number of benzene rings is 4. The fourth-order valence-corrected chi connectivity index (χ4v) is 7.31. The first-order chi connectivity index (χ1) is 22.2. The van der Waals surface area contributed by atoms with Crippen molar-refractivity contribution in [1.82, 2.24) is 10.2 Å². The number of methoxy groups -OCH3 is 1. The molecule has 0 bridgehead atoms. The number of sulfonamides is 1. The van der Waals surface area contributed by atoms with Gasteiger partial charge in [-0.15, -0.1) is 0 Å². The Bertz CT molecular complexity index is 1710. The smallest absolute Gasteiger partial charge is 0.264 e. The predicted molar refractivity (Wildman–Crippen MR) is 180 cm³/mol. The molecule has 1 atom stereocenters. The fraction of sp³-hybridized carbons (Fsp3) is 0.278. The molecule has 240 valence electrons. The molecule has 2 amide bonds. The maximum absolute atomic E-state index is 14.6. The molecule has 0 unspecified atom stereocenters. The number of halogens is 1. The Hall–Kier alpha value is -4.34. The standard InChI is InChI=1S/C36H38ClN3O5S/c1-45-32-16-10-13-28(23-32)25-39(34(24-27-11-4-2-5-12-27)36(42)38-30-14-8-9-15-30)35(41)26-40(31-21-19-29(37)20-22-31)46(43,44)33-17-6-3-7-18-33/h2-7,10-13,16-23,30,34H,8-9,14-15,24-26H2,1H3,(H,38,42)/t34-/m1/s1. The summed E-state index contributed by atoms with van der Waals surface area (Å²) < 4.78 is 34.6. The minimum absolute atomic E-state index is 0.0311. The molecule has 1 fully saturated rings. The molecule has 10 heteroatoms. The molecule has 1 saturated carbocycles. The van der Waals surface area contributed by atoms with Crippen LogP contribution < -0.4 is 14.4 Å². The van der Waals surface area contributed by atoms with E-state index in [-0.39, 0.29) is 35.5 Å². The highest BCUT2D eigenvalue weighted by atomic mass is 35.5. The van der Waals surface area contributed by atoms with Crippen LogP contribution in [0.4, 0.5) is 5.69 Å². The van der Waals surface area contributed by atoms with Crippen molar-refractivity contribution in [3.05, 3.63) is 125 Å². The molecule has 1 aliphatic rings. The molecule has 46 heavy (non-hydrogen) atoms. The topological polar surface area (TPSA) is 96.0 Å². The third-order valence-electron chi connectivity index (χ3n) is 8.18. The maximum atomic E-state index is 14.6. The summed E-state index contributed by atoms with van der Waals surface area (Å²) in [5, 5.41) is 3.62. The van der Waals surface area contributed by atoms with Gasteiger partial charge in [0.15, 0.2) is 0 Å². The second-order valence-corrected chi connectivity index (χ2v) is 13.7. The van der Waals surface area contributed by atoms with E-state index in [1.807, 2.05) is 48.5 Å². The van der Waals surface area contributed by atoms with Crippen LogP contribution in [0.2, 0.25) is 5.02 Å². The Morgan fingerprint density at radius 3 is 2.15 bits per heavy atom. The van der Waals surface area contributed by atoms with Crippen LogP contribution in [-0.2, 0) is 32.6 Å². The number of amides is 2. The second kappa shape index (κ2) is 15.3. The van der Waals surface area contributed by atoms with Crippen LogP contribution in [-0.4, -0.2) is 50.9 Å². The van der Waals surface area contributed by atoms with Gasteiger partial charge in [0.1, 0.15) is 18.3 Å². The van der Waals surface area contributed by atoms with Gasteiger partial charge in [0, 0.05) is 24.0 Å². The number of nitrogens with one attached hydrogen (secondary N) is 1. The average molecular weight is 660 g/mol. The van der Waals surface area contributed by atoms with Gasteiger partial charge in [0.05, 0.1) is 17.7 Å². The van der Waals surface area contributed by atoms with E-state index in [9.17, 15) is 18.0 Å². The normalized spacial score (nSPS) is 14.0. The van der Waals surface area contributed by atoms with Gasteiger partial charge in [0.2, 0.25) is 11.8 Å². The first-order valence-corrected chi connectivity index (χ1v) is 17.2. The highest BCUT2D eigenvalue weighted by Gasteiger charge is 2.35. The van der Waals surface area contributed by atoms with E-state index < -0.39 is 28.5 Å². The third-order valence-corrected chi connectivity index (χ3v) is 10.2. The summed E-state index contributed by atoms with van der Waals surface area (Å²) in [4.78, 5) is 30.2. The fourth-order valence-electron chi connectivity index (χ4n) is 5.74. The zero-order chi connectivity index (χ0) is 32.5. The molecule has 0 saturated heterocycles. The molecular weight excluding hydrogens is 622 g/mol. The van der Waals surface area contributed by atoms with Gasteiger partial charge in [0.25, 0.3) is 10.0 Å². The molecule has 8 nitrogen and oxygen atoms in total. The van der Waals surface area contributed by atoms with Crippen LogP contribution in [0.15, 0.2) is 114 Å². The van der Waals surface area contributed by atoms with Gasteiger partial charge in [-0.25, -0.2) is 8.42 Å². The number of nitrogens with zero attached hydrogens (tertiary/aromatic N) is 2. The highest BCUT2D eigenvalue weighted by molar-refractivity contribution is 7.92. The number of ether oxygens (including phenoxy) is 1. The average Bonchev–Trinajstić information content (AvgIpc) is 3.59. The van der Waals surface area contributed by atoms with Gasteiger partial charge >= 0.3 is 0 Å². The molecule has 4 aromatic carbocycles. The molecule has 1 aliphatic carbocycles. The van der Waals surface area contributed by atoms with Crippen molar-refractivity contribution >= 4 is 39.1 Å². The van der Waals surface area contributed by atoms with Crippen LogP contribution in [0.1, 0.15) is 36.8 Å². The summed E-state index contributed by atoms with van der Waals surface area (Å²) in [6.07, 6.45) is 4.09. The summed E-state index contributed by atoms with van der Waals surface area (Å²) in [5.74, 6) is -0.190. The van der Waals surface area contributed by atoms with Crippen molar-refractivity contribution in [1.29, 1.82) is 0 Å². The van der Waals surface area contributed by atoms with Gasteiger partial charge in [-0.05, 0) is 72.5 Å². The van der Waals surface area contributed by atoms with Crippen molar-refractivity contribution in [2.75, 3.05) is 18.0 Å². The number of rotatable bonds is 13. The zero-order valence-corrected chi connectivity index (χ0v) is 27.3. The molecule has 0 aliphatic heterocycles. The van der Waals surface area contributed by atoms with Crippen molar-refractivity contribution in [2.24, 2.45) is 0 Å². The van der Waals surface area contributed by atoms with Crippen LogP contribution in [0.25, 0.3) is 0 Å². The first-order valence-electron chi connectivity index (χ1n) is 15.3. The van der Waals surface area contributed by atoms with Crippen LogP contribution >= 0.6 is 11.6 Å². The van der Waals surface area contributed by atoms with Crippen molar-refractivity contribution in [2.45, 2.75) is 55.6 Å². The Balaban J connectivity index is 1.56. The third kappa shape index (κ3) is 8.27. The number of hydrogen-bond acceptors (Lipinski definition) is 5. The van der Waals surface area contributed by atoms with E-state index in [2.05, 4.69) is 5.32 Å². The summed E-state index contributed by atoms with van der Waals surface area (Å²) >= 11 is 6.14. The summed E-state index contributed by atoms with van der Waals surface area (Å²) in [7, 11) is -2.62. The maximum Gasteiger partial charge on any atom is 0.264 e. The van der Waals surface area contributed by atoms with Crippen LogP contribution in [0.5, 0.6) is 5.75 Å². The van der Waals surface area contributed by atoms with E-state index in [0.717, 1.165) is 41.1 Å². The number of carbonyl (C=O) groups excluding carboxylic acids is 2. The van der Waals surface area contributed by atoms with Gasteiger partial charge in [-0.2, -0.15) is 0 Å². The van der Waals surface area contributed by atoms with Crippen LogP contribution in [0, 0.1) is 0 Å². The molecule has 1 N–H and O–H groups in total. The van der Waals surface area contributed by atoms with Gasteiger partial charge in [-0.3, -0.25) is 13.9 Å². The largest absolute Gasteiger partial charge is 0.497 e. The quantitative estimate of drug-likeness (QED) is 0.183. The van der Waals surface area contributed by atoms with Crippen molar-refractivity contribution in [3.8, 4) is 5.75 Å². The Morgan fingerprint density at radius 2 is 1.50 bits per heavy atom. The Labute approximate surface area is 276 Å².